The van der Waals surface area contributed by atoms with E-state index >= 15 is 0 Å². The van der Waals surface area contributed by atoms with Crippen molar-refractivity contribution in [2.24, 2.45) is 0 Å². The van der Waals surface area contributed by atoms with Crippen molar-refractivity contribution in [2.75, 3.05) is 7.11 Å². The Morgan fingerprint density at radius 1 is 1.20 bits per heavy atom. The maximum atomic E-state index is 13.3. The van der Waals surface area contributed by atoms with Gasteiger partial charge in [0.05, 0.1) is 12.0 Å². The number of carbonyl (C=O) groups is 1. The van der Waals surface area contributed by atoms with E-state index in [0.717, 1.165) is 5.56 Å². The van der Waals surface area contributed by atoms with Crippen LogP contribution in [-0.2, 0) is 21.6 Å². The molecule has 0 aromatic heterocycles. The van der Waals surface area contributed by atoms with Gasteiger partial charge in [-0.3, -0.25) is 4.79 Å². The Balaban J connectivity index is 2.27. The highest BCUT2D eigenvalue weighted by Gasteiger charge is 2.48. The number of carboxylic acids is 1. The zero-order valence-electron chi connectivity index (χ0n) is 11.4. The number of benzene rings is 1. The lowest BCUT2D eigenvalue weighted by Crippen LogP contribution is -2.42. The first-order chi connectivity index (χ1) is 9.39. The molecule has 0 aliphatic heterocycles. The number of hydrogen-bond acceptors (Lipinski definition) is 2. The molecule has 5 heteroatoms. The van der Waals surface area contributed by atoms with Crippen molar-refractivity contribution in [3.8, 4) is 0 Å². The second-order valence-corrected chi connectivity index (χ2v) is 5.37. The monoisotopic (exact) mass is 284 g/mol. The third kappa shape index (κ3) is 2.82. The summed E-state index contributed by atoms with van der Waals surface area (Å²) in [7, 11) is 1.58. The molecule has 2 rings (SSSR count). The van der Waals surface area contributed by atoms with Gasteiger partial charge in [-0.15, -0.1) is 0 Å². The van der Waals surface area contributed by atoms with Crippen LogP contribution in [0.25, 0.3) is 0 Å². The summed E-state index contributed by atoms with van der Waals surface area (Å²) < 4.78 is 31.6. The van der Waals surface area contributed by atoms with Gasteiger partial charge in [0.1, 0.15) is 0 Å². The quantitative estimate of drug-likeness (QED) is 0.922. The molecule has 0 amide bonds. The van der Waals surface area contributed by atoms with Gasteiger partial charge >= 0.3 is 5.97 Å². The topological polar surface area (TPSA) is 46.5 Å². The minimum atomic E-state index is -2.74. The van der Waals surface area contributed by atoms with Crippen LogP contribution in [0.3, 0.4) is 0 Å². The molecule has 0 unspecified atom stereocenters. The van der Waals surface area contributed by atoms with Crippen LogP contribution in [-0.4, -0.2) is 24.1 Å². The molecule has 0 radical (unpaired) electrons. The SMILES string of the molecule is COCc1ccc(C2(C(=O)O)CCC(F)(F)CC2)cc1. The van der Waals surface area contributed by atoms with Gasteiger partial charge < -0.3 is 9.84 Å². The van der Waals surface area contributed by atoms with Gasteiger partial charge in [0.15, 0.2) is 0 Å². The first kappa shape index (κ1) is 14.9. The summed E-state index contributed by atoms with van der Waals surface area (Å²) in [6, 6.07) is 7.00. The summed E-state index contributed by atoms with van der Waals surface area (Å²) in [5, 5.41) is 9.52. The van der Waals surface area contributed by atoms with Crippen LogP contribution in [0.4, 0.5) is 8.78 Å². The standard InChI is InChI=1S/C15H18F2O3/c1-20-10-11-2-4-12(5-3-11)14(13(18)19)6-8-15(16,17)9-7-14/h2-5H,6-10H2,1H3,(H,18,19). The van der Waals surface area contributed by atoms with E-state index in [-0.39, 0.29) is 25.7 Å². The highest BCUT2D eigenvalue weighted by atomic mass is 19.3. The Bertz CT molecular complexity index is 472. The average molecular weight is 284 g/mol. The summed E-state index contributed by atoms with van der Waals surface area (Å²) in [6.45, 7) is 0.443. The smallest absolute Gasteiger partial charge is 0.314 e. The largest absolute Gasteiger partial charge is 0.481 e. The molecule has 0 saturated heterocycles. The summed E-state index contributed by atoms with van der Waals surface area (Å²) in [6.07, 6.45) is -0.809. The Morgan fingerprint density at radius 2 is 1.75 bits per heavy atom. The van der Waals surface area contributed by atoms with Gasteiger partial charge in [0.25, 0.3) is 0 Å². The van der Waals surface area contributed by atoms with E-state index in [1.807, 2.05) is 0 Å². The van der Waals surface area contributed by atoms with Crippen molar-refractivity contribution < 1.29 is 23.4 Å². The fourth-order valence-corrected chi connectivity index (χ4v) is 2.76. The van der Waals surface area contributed by atoms with Crippen LogP contribution in [0.15, 0.2) is 24.3 Å². The van der Waals surface area contributed by atoms with Crippen molar-refractivity contribution in [1.29, 1.82) is 0 Å². The van der Waals surface area contributed by atoms with Crippen LogP contribution in [0.1, 0.15) is 36.8 Å². The first-order valence-corrected chi connectivity index (χ1v) is 6.59. The van der Waals surface area contributed by atoms with E-state index in [2.05, 4.69) is 0 Å². The number of alkyl halides is 2. The Morgan fingerprint density at radius 3 is 2.20 bits per heavy atom. The number of aliphatic carboxylic acids is 1. The minimum Gasteiger partial charge on any atom is -0.481 e. The predicted molar refractivity (Wildman–Crippen MR) is 69.9 cm³/mol. The number of halogens is 2. The third-order valence-electron chi connectivity index (χ3n) is 4.06. The molecule has 110 valence electrons. The summed E-state index contributed by atoms with van der Waals surface area (Å²) >= 11 is 0. The van der Waals surface area contributed by atoms with Crippen molar-refractivity contribution >= 4 is 5.97 Å². The normalized spacial score (nSPS) is 20.6. The maximum absolute atomic E-state index is 13.3. The zero-order chi connectivity index (χ0) is 14.8. The second kappa shape index (κ2) is 5.48. The van der Waals surface area contributed by atoms with E-state index < -0.39 is 17.3 Å². The van der Waals surface area contributed by atoms with Gasteiger partial charge in [0.2, 0.25) is 5.92 Å². The fraction of sp³-hybridized carbons (Fsp3) is 0.533. The molecule has 0 bridgehead atoms. The number of methoxy groups -OCH3 is 1. The summed E-state index contributed by atoms with van der Waals surface area (Å²) in [5.74, 6) is -3.76. The number of ether oxygens (including phenoxy) is 1. The predicted octanol–water partition coefficient (Wildman–Crippen LogP) is 3.36. The number of hydrogen-bond donors (Lipinski definition) is 1. The molecule has 0 heterocycles. The molecule has 0 atom stereocenters. The van der Waals surface area contributed by atoms with Gasteiger partial charge in [-0.2, -0.15) is 0 Å². The first-order valence-electron chi connectivity index (χ1n) is 6.59. The molecule has 1 fully saturated rings. The Labute approximate surface area is 116 Å². The summed E-state index contributed by atoms with van der Waals surface area (Å²) in [5.41, 5.74) is 0.339. The minimum absolute atomic E-state index is 0.0288. The molecule has 3 nitrogen and oxygen atoms in total. The highest BCUT2D eigenvalue weighted by Crippen LogP contribution is 2.45. The third-order valence-corrected chi connectivity index (χ3v) is 4.06. The van der Waals surface area contributed by atoms with Crippen LogP contribution in [0.2, 0.25) is 0 Å². The van der Waals surface area contributed by atoms with Crippen LogP contribution >= 0.6 is 0 Å². The van der Waals surface area contributed by atoms with E-state index in [4.69, 9.17) is 4.74 Å². The lowest BCUT2D eigenvalue weighted by Gasteiger charge is -2.37. The lowest BCUT2D eigenvalue weighted by molar-refractivity contribution is -0.149. The molecule has 1 aromatic carbocycles. The molecule has 1 aliphatic rings. The maximum Gasteiger partial charge on any atom is 0.314 e. The van der Waals surface area contributed by atoms with Crippen molar-refractivity contribution in [1.82, 2.24) is 0 Å². The number of carboxylic acid groups (broad SMARTS) is 1. The molecular weight excluding hydrogens is 266 g/mol. The van der Waals surface area contributed by atoms with Crippen molar-refractivity contribution in [2.45, 2.75) is 43.6 Å². The van der Waals surface area contributed by atoms with Gasteiger partial charge in [0, 0.05) is 20.0 Å². The average Bonchev–Trinajstić information content (AvgIpc) is 2.40. The fourth-order valence-electron chi connectivity index (χ4n) is 2.76. The molecule has 1 saturated carbocycles. The van der Waals surface area contributed by atoms with Gasteiger partial charge in [-0.05, 0) is 24.0 Å². The van der Waals surface area contributed by atoms with E-state index in [1.54, 1.807) is 31.4 Å². The van der Waals surface area contributed by atoms with Crippen LogP contribution < -0.4 is 0 Å². The summed E-state index contributed by atoms with van der Waals surface area (Å²) in [4.78, 5) is 11.6. The molecule has 1 N–H and O–H groups in total. The van der Waals surface area contributed by atoms with Crippen LogP contribution in [0, 0.1) is 0 Å². The van der Waals surface area contributed by atoms with E-state index in [9.17, 15) is 18.7 Å². The molecule has 20 heavy (non-hydrogen) atoms. The lowest BCUT2D eigenvalue weighted by atomic mass is 9.68. The highest BCUT2D eigenvalue weighted by molar-refractivity contribution is 5.81. The second-order valence-electron chi connectivity index (χ2n) is 5.37. The molecule has 1 aliphatic carbocycles. The zero-order valence-corrected chi connectivity index (χ0v) is 11.4. The van der Waals surface area contributed by atoms with Crippen molar-refractivity contribution in [3.63, 3.8) is 0 Å². The van der Waals surface area contributed by atoms with E-state index in [0.29, 0.717) is 12.2 Å². The molecule has 0 spiro atoms. The Hall–Kier alpha value is -1.49. The van der Waals surface area contributed by atoms with E-state index in [1.165, 1.54) is 0 Å². The van der Waals surface area contributed by atoms with Crippen molar-refractivity contribution in [3.05, 3.63) is 35.4 Å². The van der Waals surface area contributed by atoms with Crippen LogP contribution in [0.5, 0.6) is 0 Å². The molecular formula is C15H18F2O3. The Kier molecular flexibility index (Phi) is 4.09. The van der Waals surface area contributed by atoms with Gasteiger partial charge in [-0.1, -0.05) is 24.3 Å². The molecule has 1 aromatic rings. The number of rotatable bonds is 4. The van der Waals surface area contributed by atoms with Gasteiger partial charge in [-0.25, -0.2) is 8.78 Å².